The van der Waals surface area contributed by atoms with Gasteiger partial charge in [0.25, 0.3) is 0 Å². The highest BCUT2D eigenvalue weighted by molar-refractivity contribution is 5.48. The number of hydrogen-bond donors (Lipinski definition) is 0. The van der Waals surface area contributed by atoms with Crippen LogP contribution in [0.2, 0.25) is 0 Å². The molecule has 6 heteroatoms. The summed E-state index contributed by atoms with van der Waals surface area (Å²) in [6, 6.07) is 0. The molecular formula is C20H28N6. The largest absolute Gasteiger partial charge is 0.356 e. The van der Waals surface area contributed by atoms with Crippen LogP contribution in [0.25, 0.3) is 0 Å². The van der Waals surface area contributed by atoms with Crippen LogP contribution in [0.4, 0.5) is 5.82 Å². The third-order valence-corrected chi connectivity index (χ3v) is 6.74. The molecule has 0 saturated carbocycles. The molecule has 2 atom stereocenters. The zero-order chi connectivity index (χ0) is 17.8. The van der Waals surface area contributed by atoms with Crippen molar-refractivity contribution in [3.05, 3.63) is 34.5 Å². The number of nitrogens with zero attached hydrogens (tertiary/aromatic N) is 6. The van der Waals surface area contributed by atoms with Crippen molar-refractivity contribution in [2.24, 2.45) is 18.9 Å². The molecule has 26 heavy (non-hydrogen) atoms. The molecule has 0 N–H and O–H groups in total. The minimum absolute atomic E-state index is 0.756. The summed E-state index contributed by atoms with van der Waals surface area (Å²) in [6.45, 7) is 9.94. The Morgan fingerprint density at radius 3 is 2.58 bits per heavy atom. The monoisotopic (exact) mass is 352 g/mol. The number of hydrogen-bond acceptors (Lipinski definition) is 5. The molecule has 5 rings (SSSR count). The van der Waals surface area contributed by atoms with Crippen LogP contribution in [0.3, 0.4) is 0 Å². The first kappa shape index (κ1) is 16.2. The van der Waals surface area contributed by atoms with E-state index in [1.54, 1.807) is 11.9 Å². The van der Waals surface area contributed by atoms with E-state index in [9.17, 15) is 0 Å². The van der Waals surface area contributed by atoms with Crippen LogP contribution in [-0.2, 0) is 26.4 Å². The molecule has 1 aliphatic carbocycles. The second-order valence-corrected chi connectivity index (χ2v) is 8.38. The van der Waals surface area contributed by atoms with E-state index in [2.05, 4.69) is 45.3 Å². The van der Waals surface area contributed by atoms with E-state index < -0.39 is 0 Å². The molecule has 2 fully saturated rings. The Morgan fingerprint density at radius 1 is 1.04 bits per heavy atom. The van der Waals surface area contributed by atoms with Gasteiger partial charge >= 0.3 is 0 Å². The zero-order valence-corrected chi connectivity index (χ0v) is 16.1. The molecule has 2 aliphatic heterocycles. The van der Waals surface area contributed by atoms with Gasteiger partial charge in [-0.3, -0.25) is 9.58 Å². The van der Waals surface area contributed by atoms with Crippen molar-refractivity contribution in [2.45, 2.75) is 39.7 Å². The van der Waals surface area contributed by atoms with E-state index in [1.807, 2.05) is 0 Å². The van der Waals surface area contributed by atoms with Gasteiger partial charge < -0.3 is 4.90 Å². The highest BCUT2D eigenvalue weighted by Gasteiger charge is 2.41. The summed E-state index contributed by atoms with van der Waals surface area (Å²) in [7, 11) is 2.12. The highest BCUT2D eigenvalue weighted by atomic mass is 15.3. The number of fused-ring (bicyclic) bond motifs is 2. The molecule has 138 valence electrons. The average molecular weight is 352 g/mol. The maximum atomic E-state index is 4.74. The second-order valence-electron chi connectivity index (χ2n) is 8.38. The number of likely N-dealkylation sites (tertiary alicyclic amines) is 1. The van der Waals surface area contributed by atoms with Crippen LogP contribution in [0.15, 0.2) is 6.33 Å². The van der Waals surface area contributed by atoms with Gasteiger partial charge in [0.2, 0.25) is 0 Å². The molecule has 2 saturated heterocycles. The van der Waals surface area contributed by atoms with Crippen molar-refractivity contribution in [3.8, 4) is 0 Å². The van der Waals surface area contributed by atoms with Crippen LogP contribution >= 0.6 is 0 Å². The summed E-state index contributed by atoms with van der Waals surface area (Å²) in [4.78, 5) is 14.0. The van der Waals surface area contributed by atoms with Crippen molar-refractivity contribution in [1.29, 1.82) is 0 Å². The van der Waals surface area contributed by atoms with Crippen molar-refractivity contribution < 1.29 is 0 Å². The molecule has 4 heterocycles. The molecule has 2 unspecified atom stereocenters. The van der Waals surface area contributed by atoms with E-state index in [0.29, 0.717) is 0 Å². The summed E-state index contributed by atoms with van der Waals surface area (Å²) in [6.07, 6.45) is 5.38. The van der Waals surface area contributed by atoms with E-state index in [1.165, 1.54) is 49.3 Å². The van der Waals surface area contributed by atoms with Crippen molar-refractivity contribution in [1.82, 2.24) is 24.6 Å². The molecule has 0 aromatic carbocycles. The Morgan fingerprint density at radius 2 is 1.81 bits per heavy atom. The Bertz CT molecular complexity index is 827. The van der Waals surface area contributed by atoms with E-state index in [0.717, 1.165) is 43.0 Å². The Kier molecular flexibility index (Phi) is 3.78. The zero-order valence-electron chi connectivity index (χ0n) is 16.1. The van der Waals surface area contributed by atoms with Crippen LogP contribution in [0.5, 0.6) is 0 Å². The standard InChI is InChI=1S/C20H28N6/c1-13-14(2)21-12-22-20(13)26-9-15-7-25(8-16(15)10-26)11-19-17-5-4-6-18(17)23-24(19)3/h12,15-16H,4-11H2,1-3H3. The fraction of sp³-hybridized carbons (Fsp3) is 0.650. The molecule has 0 spiro atoms. The molecule has 0 amide bonds. The number of aryl methyl sites for hydroxylation is 3. The predicted octanol–water partition coefficient (Wildman–Crippen LogP) is 1.88. The number of anilines is 1. The Balaban J connectivity index is 1.27. The lowest BCUT2D eigenvalue weighted by Crippen LogP contribution is -2.30. The van der Waals surface area contributed by atoms with Gasteiger partial charge in [-0.15, -0.1) is 0 Å². The fourth-order valence-electron chi connectivity index (χ4n) is 5.23. The van der Waals surface area contributed by atoms with Crippen molar-refractivity contribution in [3.63, 3.8) is 0 Å². The summed E-state index contributed by atoms with van der Waals surface area (Å²) >= 11 is 0. The molecule has 6 nitrogen and oxygen atoms in total. The molecular weight excluding hydrogens is 324 g/mol. The van der Waals surface area contributed by atoms with Gasteiger partial charge in [-0.2, -0.15) is 5.10 Å². The van der Waals surface area contributed by atoms with E-state index >= 15 is 0 Å². The topological polar surface area (TPSA) is 50.1 Å². The molecule has 0 bridgehead atoms. The first-order valence-corrected chi connectivity index (χ1v) is 9.89. The van der Waals surface area contributed by atoms with Gasteiger partial charge in [0, 0.05) is 51.0 Å². The molecule has 2 aromatic rings. The highest BCUT2D eigenvalue weighted by Crippen LogP contribution is 2.36. The SMILES string of the molecule is Cc1ncnc(N2CC3CN(Cc4c5c(nn4C)CCC5)CC3C2)c1C. The van der Waals surface area contributed by atoms with Gasteiger partial charge in [0.05, 0.1) is 11.4 Å². The maximum absolute atomic E-state index is 4.74. The Hall–Kier alpha value is -1.95. The third-order valence-electron chi connectivity index (χ3n) is 6.74. The van der Waals surface area contributed by atoms with Gasteiger partial charge in [-0.05, 0) is 50.5 Å². The lowest BCUT2D eigenvalue weighted by atomic mass is 10.0. The van der Waals surface area contributed by atoms with Crippen molar-refractivity contribution >= 4 is 5.82 Å². The first-order valence-electron chi connectivity index (χ1n) is 9.89. The summed E-state index contributed by atoms with van der Waals surface area (Å²) in [5, 5.41) is 4.74. The lowest BCUT2D eigenvalue weighted by molar-refractivity contribution is 0.299. The quantitative estimate of drug-likeness (QED) is 0.844. The smallest absolute Gasteiger partial charge is 0.135 e. The summed E-state index contributed by atoms with van der Waals surface area (Å²) in [5.74, 6) is 2.65. The van der Waals surface area contributed by atoms with Crippen LogP contribution in [0, 0.1) is 25.7 Å². The van der Waals surface area contributed by atoms with Crippen LogP contribution in [-0.4, -0.2) is 50.8 Å². The van der Waals surface area contributed by atoms with Gasteiger partial charge in [-0.25, -0.2) is 9.97 Å². The lowest BCUT2D eigenvalue weighted by Gasteiger charge is -2.24. The van der Waals surface area contributed by atoms with Crippen LogP contribution < -0.4 is 4.90 Å². The van der Waals surface area contributed by atoms with E-state index in [4.69, 9.17) is 5.10 Å². The van der Waals surface area contributed by atoms with Crippen molar-refractivity contribution in [2.75, 3.05) is 31.1 Å². The van der Waals surface area contributed by atoms with Crippen LogP contribution in [0.1, 0.15) is 34.6 Å². The number of rotatable bonds is 3. The Labute approximate surface area is 155 Å². The summed E-state index contributed by atoms with van der Waals surface area (Å²) < 4.78 is 2.14. The summed E-state index contributed by atoms with van der Waals surface area (Å²) in [5.41, 5.74) is 6.67. The normalized spacial score (nSPS) is 25.1. The minimum Gasteiger partial charge on any atom is -0.356 e. The third kappa shape index (κ3) is 2.54. The predicted molar refractivity (Wildman–Crippen MR) is 101 cm³/mol. The van der Waals surface area contributed by atoms with Gasteiger partial charge in [0.1, 0.15) is 12.1 Å². The average Bonchev–Trinajstić information content (AvgIpc) is 3.33. The van der Waals surface area contributed by atoms with Gasteiger partial charge in [0.15, 0.2) is 0 Å². The second kappa shape index (κ2) is 6.05. The maximum Gasteiger partial charge on any atom is 0.135 e. The first-order chi connectivity index (χ1) is 12.6. The number of aromatic nitrogens is 4. The fourth-order valence-corrected chi connectivity index (χ4v) is 5.23. The van der Waals surface area contributed by atoms with Gasteiger partial charge in [-0.1, -0.05) is 0 Å². The molecule has 3 aliphatic rings. The molecule has 2 aromatic heterocycles. The molecule has 0 radical (unpaired) electrons. The minimum atomic E-state index is 0.756. The van der Waals surface area contributed by atoms with E-state index in [-0.39, 0.29) is 0 Å².